The zero-order chi connectivity index (χ0) is 21.7. The SMILES string of the molecule is CCOc1ccc(S(=O)(=O)N2CCC[C@@H](C(=O)N[C@H](C)c3ccccc3)C2)cc1Cl. The number of rotatable bonds is 7. The highest BCUT2D eigenvalue weighted by Crippen LogP contribution is 2.30. The topological polar surface area (TPSA) is 75.7 Å². The molecule has 162 valence electrons. The number of carbonyl (C=O) groups is 1. The van der Waals surface area contributed by atoms with Crippen molar-refractivity contribution in [1.82, 2.24) is 9.62 Å². The van der Waals surface area contributed by atoms with Gasteiger partial charge in [-0.05, 0) is 50.5 Å². The minimum Gasteiger partial charge on any atom is -0.492 e. The molecule has 0 aliphatic carbocycles. The number of ether oxygens (including phenoxy) is 1. The van der Waals surface area contributed by atoms with Gasteiger partial charge in [-0.15, -0.1) is 0 Å². The molecule has 2 aromatic rings. The van der Waals surface area contributed by atoms with Crippen molar-refractivity contribution >= 4 is 27.5 Å². The van der Waals surface area contributed by atoms with Gasteiger partial charge in [-0.3, -0.25) is 4.79 Å². The average molecular weight is 451 g/mol. The van der Waals surface area contributed by atoms with Crippen molar-refractivity contribution in [1.29, 1.82) is 0 Å². The van der Waals surface area contributed by atoms with E-state index < -0.39 is 15.9 Å². The van der Waals surface area contributed by atoms with Gasteiger partial charge < -0.3 is 10.1 Å². The van der Waals surface area contributed by atoms with Crippen molar-refractivity contribution in [2.75, 3.05) is 19.7 Å². The molecule has 0 aromatic heterocycles. The van der Waals surface area contributed by atoms with E-state index in [2.05, 4.69) is 5.32 Å². The Morgan fingerprint density at radius 2 is 2.00 bits per heavy atom. The number of hydrogen-bond acceptors (Lipinski definition) is 4. The van der Waals surface area contributed by atoms with E-state index in [0.29, 0.717) is 31.7 Å². The van der Waals surface area contributed by atoms with Gasteiger partial charge in [0.25, 0.3) is 0 Å². The summed E-state index contributed by atoms with van der Waals surface area (Å²) in [6.45, 7) is 4.73. The first-order valence-electron chi connectivity index (χ1n) is 10.1. The third-order valence-electron chi connectivity index (χ3n) is 5.25. The highest BCUT2D eigenvalue weighted by molar-refractivity contribution is 7.89. The maximum atomic E-state index is 13.1. The summed E-state index contributed by atoms with van der Waals surface area (Å²) in [6.07, 6.45) is 1.28. The van der Waals surface area contributed by atoms with Crippen molar-refractivity contribution in [3.63, 3.8) is 0 Å². The largest absolute Gasteiger partial charge is 0.492 e. The maximum absolute atomic E-state index is 13.1. The molecule has 1 amide bonds. The molecule has 0 bridgehead atoms. The molecule has 2 aromatic carbocycles. The van der Waals surface area contributed by atoms with Gasteiger partial charge in [0.05, 0.1) is 28.5 Å². The van der Waals surface area contributed by atoms with Crippen LogP contribution < -0.4 is 10.1 Å². The van der Waals surface area contributed by atoms with Crippen molar-refractivity contribution in [3.05, 3.63) is 59.1 Å². The monoisotopic (exact) mass is 450 g/mol. The normalized spacial score (nSPS) is 18.6. The summed E-state index contributed by atoms with van der Waals surface area (Å²) in [7, 11) is -3.75. The smallest absolute Gasteiger partial charge is 0.243 e. The van der Waals surface area contributed by atoms with E-state index in [9.17, 15) is 13.2 Å². The molecule has 0 unspecified atom stereocenters. The molecule has 1 saturated heterocycles. The van der Waals surface area contributed by atoms with Crippen LogP contribution in [-0.4, -0.2) is 38.3 Å². The fourth-order valence-electron chi connectivity index (χ4n) is 3.59. The molecule has 1 fully saturated rings. The Morgan fingerprint density at radius 3 is 2.67 bits per heavy atom. The average Bonchev–Trinajstić information content (AvgIpc) is 2.76. The molecule has 30 heavy (non-hydrogen) atoms. The van der Waals surface area contributed by atoms with Gasteiger partial charge in [0.1, 0.15) is 5.75 Å². The van der Waals surface area contributed by atoms with Crippen LogP contribution in [0.1, 0.15) is 38.3 Å². The van der Waals surface area contributed by atoms with E-state index in [-0.39, 0.29) is 28.4 Å². The molecule has 2 atom stereocenters. The lowest BCUT2D eigenvalue weighted by Gasteiger charge is -2.32. The molecule has 1 aliphatic heterocycles. The van der Waals surface area contributed by atoms with E-state index in [1.165, 1.54) is 16.4 Å². The Balaban J connectivity index is 1.70. The fraction of sp³-hybridized carbons (Fsp3) is 0.409. The minimum atomic E-state index is -3.75. The lowest BCUT2D eigenvalue weighted by Crippen LogP contribution is -2.45. The number of piperidine rings is 1. The quantitative estimate of drug-likeness (QED) is 0.691. The van der Waals surface area contributed by atoms with Crippen LogP contribution in [0.4, 0.5) is 0 Å². The van der Waals surface area contributed by atoms with Crippen LogP contribution in [0.3, 0.4) is 0 Å². The van der Waals surface area contributed by atoms with Crippen LogP contribution in [0.2, 0.25) is 5.02 Å². The van der Waals surface area contributed by atoms with E-state index >= 15 is 0 Å². The minimum absolute atomic E-state index is 0.106. The van der Waals surface area contributed by atoms with Crippen LogP contribution in [0.15, 0.2) is 53.4 Å². The van der Waals surface area contributed by atoms with Gasteiger partial charge >= 0.3 is 0 Å². The summed E-state index contributed by atoms with van der Waals surface area (Å²) in [5.41, 5.74) is 1.01. The maximum Gasteiger partial charge on any atom is 0.243 e. The second-order valence-corrected chi connectivity index (χ2v) is 9.71. The summed E-state index contributed by atoms with van der Waals surface area (Å²) in [4.78, 5) is 12.9. The summed E-state index contributed by atoms with van der Waals surface area (Å²) in [5, 5.41) is 3.26. The summed E-state index contributed by atoms with van der Waals surface area (Å²) in [6, 6.07) is 14.0. The predicted octanol–water partition coefficient (Wildman–Crippen LogP) is 4.02. The van der Waals surface area contributed by atoms with Crippen LogP contribution in [0.5, 0.6) is 5.75 Å². The molecular formula is C22H27ClN2O4S. The van der Waals surface area contributed by atoms with E-state index in [4.69, 9.17) is 16.3 Å². The Hall–Kier alpha value is -2.09. The molecule has 0 spiro atoms. The highest BCUT2D eigenvalue weighted by atomic mass is 35.5. The van der Waals surface area contributed by atoms with E-state index in [0.717, 1.165) is 5.56 Å². The third kappa shape index (κ3) is 5.14. The van der Waals surface area contributed by atoms with Crippen LogP contribution in [0, 0.1) is 5.92 Å². The lowest BCUT2D eigenvalue weighted by atomic mass is 9.98. The highest BCUT2D eigenvalue weighted by Gasteiger charge is 2.34. The van der Waals surface area contributed by atoms with Crippen LogP contribution >= 0.6 is 11.6 Å². The zero-order valence-corrected chi connectivity index (χ0v) is 18.7. The van der Waals surface area contributed by atoms with Crippen molar-refractivity contribution < 1.29 is 17.9 Å². The molecule has 1 N–H and O–H groups in total. The molecule has 3 rings (SSSR count). The molecule has 6 nitrogen and oxygen atoms in total. The number of carbonyl (C=O) groups excluding carboxylic acids is 1. The van der Waals surface area contributed by atoms with Crippen LogP contribution in [-0.2, 0) is 14.8 Å². The number of halogens is 1. The van der Waals surface area contributed by atoms with Crippen molar-refractivity contribution in [2.24, 2.45) is 5.92 Å². The number of sulfonamides is 1. The lowest BCUT2D eigenvalue weighted by molar-refractivity contribution is -0.126. The summed E-state index contributed by atoms with van der Waals surface area (Å²) < 4.78 is 33.0. The third-order valence-corrected chi connectivity index (χ3v) is 7.41. The first kappa shape index (κ1) is 22.6. The Kier molecular flexibility index (Phi) is 7.39. The molecule has 1 heterocycles. The van der Waals surface area contributed by atoms with Gasteiger partial charge in [0, 0.05) is 13.1 Å². The Morgan fingerprint density at radius 1 is 1.27 bits per heavy atom. The van der Waals surface area contributed by atoms with Gasteiger partial charge in [0.2, 0.25) is 15.9 Å². The van der Waals surface area contributed by atoms with Gasteiger partial charge in [-0.25, -0.2) is 8.42 Å². The van der Waals surface area contributed by atoms with Gasteiger partial charge in [0.15, 0.2) is 0 Å². The Labute approximate surface area is 183 Å². The molecule has 0 saturated carbocycles. The summed E-state index contributed by atoms with van der Waals surface area (Å²) in [5.74, 6) is -0.0715. The van der Waals surface area contributed by atoms with Gasteiger partial charge in [-0.2, -0.15) is 4.31 Å². The summed E-state index contributed by atoms with van der Waals surface area (Å²) >= 11 is 6.18. The molecular weight excluding hydrogens is 424 g/mol. The van der Waals surface area contributed by atoms with E-state index in [1.807, 2.05) is 44.2 Å². The van der Waals surface area contributed by atoms with Crippen LogP contribution in [0.25, 0.3) is 0 Å². The Bertz CT molecular complexity index is 982. The zero-order valence-electron chi connectivity index (χ0n) is 17.2. The van der Waals surface area contributed by atoms with E-state index in [1.54, 1.807) is 6.07 Å². The number of nitrogens with one attached hydrogen (secondary N) is 1. The standard InChI is InChI=1S/C22H27ClN2O4S/c1-3-29-21-12-11-19(14-20(21)23)30(27,28)25-13-7-10-18(15-25)22(26)24-16(2)17-8-5-4-6-9-17/h4-6,8-9,11-12,14,16,18H,3,7,10,13,15H2,1-2H3,(H,24,26)/t16-,18-/m1/s1. The van der Waals surface area contributed by atoms with Crippen molar-refractivity contribution in [2.45, 2.75) is 37.6 Å². The molecule has 8 heteroatoms. The first-order chi connectivity index (χ1) is 14.3. The molecule has 1 aliphatic rings. The predicted molar refractivity (Wildman–Crippen MR) is 117 cm³/mol. The second kappa shape index (κ2) is 9.81. The number of nitrogens with zero attached hydrogens (tertiary/aromatic N) is 1. The number of amides is 1. The van der Waals surface area contributed by atoms with Crippen molar-refractivity contribution in [3.8, 4) is 5.75 Å². The second-order valence-electron chi connectivity index (χ2n) is 7.37. The number of hydrogen-bond donors (Lipinski definition) is 1. The fourth-order valence-corrected chi connectivity index (χ4v) is 5.45. The van der Waals surface area contributed by atoms with Gasteiger partial charge in [-0.1, -0.05) is 41.9 Å². The molecule has 0 radical (unpaired) electrons. The first-order valence-corrected chi connectivity index (χ1v) is 11.9. The number of benzene rings is 2.